The van der Waals surface area contributed by atoms with Gasteiger partial charge in [-0.3, -0.25) is 4.79 Å². The minimum absolute atomic E-state index is 0.197. The predicted octanol–water partition coefficient (Wildman–Crippen LogP) is 1.80. The molecule has 3 N–H and O–H groups in total. The van der Waals surface area contributed by atoms with Gasteiger partial charge in [0.05, 0.1) is 0 Å². The Kier molecular flexibility index (Phi) is 4.65. The van der Waals surface area contributed by atoms with E-state index in [1.807, 2.05) is 24.3 Å². The zero-order valence-corrected chi connectivity index (χ0v) is 12.5. The molecule has 20 heavy (non-hydrogen) atoms. The highest BCUT2D eigenvalue weighted by atomic mass is 79.9. The Morgan fingerprint density at radius 3 is 2.65 bits per heavy atom. The van der Waals surface area contributed by atoms with Crippen LogP contribution >= 0.6 is 15.9 Å². The molecule has 0 saturated carbocycles. The summed E-state index contributed by atoms with van der Waals surface area (Å²) in [6, 6.07) is 10.9. The van der Waals surface area contributed by atoms with E-state index in [-0.39, 0.29) is 11.6 Å². The molecule has 0 aliphatic carbocycles. The van der Waals surface area contributed by atoms with Crippen LogP contribution in [0.5, 0.6) is 0 Å². The molecule has 0 radical (unpaired) electrons. The Bertz CT molecular complexity index is 602. The molecular weight excluding hydrogens is 322 g/mol. The van der Waals surface area contributed by atoms with E-state index in [4.69, 9.17) is 5.84 Å². The van der Waals surface area contributed by atoms with Crippen molar-refractivity contribution < 1.29 is 4.79 Å². The van der Waals surface area contributed by atoms with Gasteiger partial charge < -0.3 is 10.3 Å². The van der Waals surface area contributed by atoms with Crippen LogP contribution in [0.3, 0.4) is 0 Å². The normalized spacial score (nSPS) is 10.2. The molecule has 1 heterocycles. The fourth-order valence-corrected chi connectivity index (χ4v) is 2.08. The number of aromatic nitrogens is 2. The molecule has 7 heteroatoms. The number of halogens is 1. The maximum absolute atomic E-state index is 12.2. The van der Waals surface area contributed by atoms with Crippen LogP contribution in [-0.4, -0.2) is 28.1 Å². The highest BCUT2D eigenvalue weighted by Gasteiger charge is 2.15. The molecule has 0 fully saturated rings. The molecule has 1 aromatic heterocycles. The van der Waals surface area contributed by atoms with Crippen molar-refractivity contribution in [2.45, 2.75) is 6.54 Å². The van der Waals surface area contributed by atoms with Crippen LogP contribution in [0.15, 0.2) is 40.9 Å². The largest absolute Gasteiger partial charge is 0.336 e. The average molecular weight is 336 g/mol. The van der Waals surface area contributed by atoms with Crippen molar-refractivity contribution in [2.75, 3.05) is 12.5 Å². The zero-order valence-electron chi connectivity index (χ0n) is 10.9. The molecule has 1 amide bonds. The molecule has 1 aromatic carbocycles. The monoisotopic (exact) mass is 335 g/mol. The first-order chi connectivity index (χ1) is 9.61. The van der Waals surface area contributed by atoms with E-state index in [0.717, 1.165) is 10.0 Å². The van der Waals surface area contributed by atoms with Crippen LogP contribution in [-0.2, 0) is 6.54 Å². The molecular formula is C13H14BrN5O. The van der Waals surface area contributed by atoms with Crippen molar-refractivity contribution in [2.24, 2.45) is 5.84 Å². The second kappa shape index (κ2) is 6.44. The average Bonchev–Trinajstić information content (AvgIpc) is 2.49. The molecule has 0 bridgehead atoms. The number of carbonyl (C=O) groups excluding carboxylic acids is 1. The summed E-state index contributed by atoms with van der Waals surface area (Å²) >= 11 is 3.46. The molecule has 2 aromatic rings. The fourth-order valence-electron chi connectivity index (χ4n) is 1.67. The highest BCUT2D eigenvalue weighted by molar-refractivity contribution is 9.10. The van der Waals surface area contributed by atoms with E-state index in [1.165, 1.54) is 0 Å². The lowest BCUT2D eigenvalue weighted by atomic mass is 10.2. The third-order valence-corrected chi connectivity index (χ3v) is 3.52. The summed E-state index contributed by atoms with van der Waals surface area (Å²) in [5.41, 5.74) is 3.67. The van der Waals surface area contributed by atoms with Crippen molar-refractivity contribution in [1.82, 2.24) is 15.1 Å². The smallest absolute Gasteiger partial charge is 0.274 e. The lowest BCUT2D eigenvalue weighted by molar-refractivity contribution is 0.0778. The minimum Gasteiger partial charge on any atom is -0.336 e. The van der Waals surface area contributed by atoms with Crippen LogP contribution in [0.1, 0.15) is 16.1 Å². The van der Waals surface area contributed by atoms with Gasteiger partial charge in [-0.1, -0.05) is 34.1 Å². The number of benzene rings is 1. The van der Waals surface area contributed by atoms with Crippen molar-refractivity contribution in [3.05, 3.63) is 52.1 Å². The molecule has 0 aliphatic heterocycles. The number of nitrogens with zero attached hydrogens (tertiary/aromatic N) is 3. The molecule has 0 unspecified atom stereocenters. The number of nitrogen functional groups attached to an aromatic ring is 1. The lowest BCUT2D eigenvalue weighted by Gasteiger charge is -2.17. The zero-order chi connectivity index (χ0) is 14.5. The number of hydrogen-bond donors (Lipinski definition) is 2. The van der Waals surface area contributed by atoms with Crippen LogP contribution in [0.4, 0.5) is 5.82 Å². The first-order valence-corrected chi connectivity index (χ1v) is 6.70. The molecule has 0 atom stereocenters. The fraction of sp³-hybridized carbons (Fsp3) is 0.154. The van der Waals surface area contributed by atoms with Crippen molar-refractivity contribution in [3.63, 3.8) is 0 Å². The number of anilines is 1. The van der Waals surface area contributed by atoms with Crippen LogP contribution < -0.4 is 11.3 Å². The predicted molar refractivity (Wildman–Crippen MR) is 79.8 cm³/mol. The van der Waals surface area contributed by atoms with Gasteiger partial charge in [-0.25, -0.2) is 5.84 Å². The Balaban J connectivity index is 2.10. The van der Waals surface area contributed by atoms with Gasteiger partial charge in [0, 0.05) is 18.1 Å². The summed E-state index contributed by atoms with van der Waals surface area (Å²) in [6.45, 7) is 0.485. The van der Waals surface area contributed by atoms with Crippen LogP contribution in [0, 0.1) is 0 Å². The summed E-state index contributed by atoms with van der Waals surface area (Å²) in [6.07, 6.45) is 0. The van der Waals surface area contributed by atoms with Gasteiger partial charge in [0.1, 0.15) is 0 Å². The van der Waals surface area contributed by atoms with Gasteiger partial charge in [-0.05, 0) is 23.8 Å². The van der Waals surface area contributed by atoms with Crippen LogP contribution in [0.25, 0.3) is 0 Å². The maximum Gasteiger partial charge on any atom is 0.274 e. The van der Waals surface area contributed by atoms with E-state index in [1.54, 1.807) is 24.1 Å². The molecule has 0 spiro atoms. The van der Waals surface area contributed by atoms with Gasteiger partial charge in [0.25, 0.3) is 5.91 Å². The van der Waals surface area contributed by atoms with Gasteiger partial charge >= 0.3 is 0 Å². The second-order valence-electron chi connectivity index (χ2n) is 4.20. The summed E-state index contributed by atoms with van der Waals surface area (Å²) in [7, 11) is 1.72. The Labute approximate surface area is 125 Å². The molecule has 0 saturated heterocycles. The number of nitrogens with two attached hydrogens (primary N) is 1. The van der Waals surface area contributed by atoms with Gasteiger partial charge in [-0.2, -0.15) is 0 Å². The summed E-state index contributed by atoms with van der Waals surface area (Å²) in [5, 5.41) is 7.62. The summed E-state index contributed by atoms with van der Waals surface area (Å²) in [5.74, 6) is 5.42. The highest BCUT2D eigenvalue weighted by Crippen LogP contribution is 2.18. The van der Waals surface area contributed by atoms with E-state index in [2.05, 4.69) is 31.6 Å². The SMILES string of the molecule is CN(Cc1ccccc1Br)C(=O)c1ccc(NN)nn1. The van der Waals surface area contributed by atoms with Gasteiger partial charge in [0.2, 0.25) is 0 Å². The summed E-state index contributed by atoms with van der Waals surface area (Å²) < 4.78 is 0.966. The Morgan fingerprint density at radius 1 is 1.30 bits per heavy atom. The maximum atomic E-state index is 12.2. The number of hydrazine groups is 1. The van der Waals surface area contributed by atoms with Crippen LogP contribution in [0.2, 0.25) is 0 Å². The number of rotatable bonds is 4. The lowest BCUT2D eigenvalue weighted by Crippen LogP contribution is -2.27. The van der Waals surface area contributed by atoms with E-state index >= 15 is 0 Å². The molecule has 104 valence electrons. The minimum atomic E-state index is -0.197. The number of carbonyl (C=O) groups is 1. The quantitative estimate of drug-likeness (QED) is 0.657. The van der Waals surface area contributed by atoms with Gasteiger partial charge in [0.15, 0.2) is 11.5 Å². The van der Waals surface area contributed by atoms with Crippen molar-refractivity contribution >= 4 is 27.7 Å². The third-order valence-electron chi connectivity index (χ3n) is 2.74. The number of nitrogens with one attached hydrogen (secondary N) is 1. The molecule has 0 aliphatic rings. The topological polar surface area (TPSA) is 84.1 Å². The van der Waals surface area contributed by atoms with Crippen molar-refractivity contribution in [3.8, 4) is 0 Å². The first-order valence-electron chi connectivity index (χ1n) is 5.91. The van der Waals surface area contributed by atoms with Crippen molar-refractivity contribution in [1.29, 1.82) is 0 Å². The molecule has 6 nitrogen and oxygen atoms in total. The second-order valence-corrected chi connectivity index (χ2v) is 5.06. The standard InChI is InChI=1S/C13H14BrN5O/c1-19(8-9-4-2-3-5-10(9)14)13(20)11-6-7-12(16-15)18-17-11/h2-7H,8,15H2,1H3,(H,16,18). The Hall–Kier alpha value is -1.99. The Morgan fingerprint density at radius 2 is 2.05 bits per heavy atom. The van der Waals surface area contributed by atoms with E-state index < -0.39 is 0 Å². The molecule has 2 rings (SSSR count). The van der Waals surface area contributed by atoms with E-state index in [0.29, 0.717) is 12.4 Å². The number of amides is 1. The van der Waals surface area contributed by atoms with E-state index in [9.17, 15) is 4.79 Å². The van der Waals surface area contributed by atoms with Gasteiger partial charge in [-0.15, -0.1) is 10.2 Å². The number of hydrogen-bond acceptors (Lipinski definition) is 5. The third kappa shape index (κ3) is 3.31. The first kappa shape index (κ1) is 14.4. The summed E-state index contributed by atoms with van der Waals surface area (Å²) in [4.78, 5) is 13.8.